The van der Waals surface area contributed by atoms with Gasteiger partial charge in [-0.2, -0.15) is 0 Å². The second kappa shape index (κ2) is 9.41. The van der Waals surface area contributed by atoms with Crippen molar-refractivity contribution in [1.29, 1.82) is 0 Å². The molecule has 0 bridgehead atoms. The van der Waals surface area contributed by atoms with Crippen LogP contribution >= 0.6 is 0 Å². The molecule has 0 aliphatic carbocycles. The van der Waals surface area contributed by atoms with Gasteiger partial charge in [0.1, 0.15) is 11.5 Å². The van der Waals surface area contributed by atoms with Gasteiger partial charge < -0.3 is 9.64 Å². The maximum Gasteiger partial charge on any atom is 0.249 e. The first-order valence-electron chi connectivity index (χ1n) is 15.8. The maximum absolute atomic E-state index is 6.73. The molecule has 0 radical (unpaired) electrons. The van der Waals surface area contributed by atoms with Crippen molar-refractivity contribution in [2.24, 2.45) is 0 Å². The Hall–Kier alpha value is -4.17. The van der Waals surface area contributed by atoms with Gasteiger partial charge >= 0.3 is 0 Å². The molecule has 3 aliphatic heterocycles. The van der Waals surface area contributed by atoms with Gasteiger partial charge in [-0.15, -0.1) is 0 Å². The Labute approximate surface area is 256 Å². The molecule has 8 rings (SSSR count). The van der Waals surface area contributed by atoms with E-state index in [1.807, 2.05) is 0 Å². The minimum atomic E-state index is 0.139. The van der Waals surface area contributed by atoms with Gasteiger partial charge in [-0.3, -0.25) is 0 Å². The Bertz CT molecular complexity index is 1960. The molecule has 43 heavy (non-hydrogen) atoms. The largest absolute Gasteiger partial charge is 0.458 e. The number of nitrogens with zero attached hydrogens (tertiary/aromatic N) is 1. The van der Waals surface area contributed by atoms with Crippen molar-refractivity contribution in [1.82, 2.24) is 0 Å². The molecule has 0 atom stereocenters. The van der Waals surface area contributed by atoms with Crippen LogP contribution in [0.1, 0.15) is 67.3 Å². The van der Waals surface area contributed by atoms with Crippen LogP contribution in [0.15, 0.2) is 84.9 Å². The monoisotopic (exact) mass is 557 g/mol. The van der Waals surface area contributed by atoms with Gasteiger partial charge in [-0.25, -0.2) is 0 Å². The maximum atomic E-state index is 6.73. The first-order valence-corrected chi connectivity index (χ1v) is 15.8. The number of rotatable bonds is 3. The highest BCUT2D eigenvalue weighted by atomic mass is 16.5. The molecular weight excluding hydrogens is 520 g/mol. The molecule has 0 N–H and O–H groups in total. The number of ether oxygens (including phenoxy) is 1. The van der Waals surface area contributed by atoms with Gasteiger partial charge in [-0.05, 0) is 119 Å². The van der Waals surface area contributed by atoms with E-state index in [0.29, 0.717) is 11.8 Å². The van der Waals surface area contributed by atoms with Crippen molar-refractivity contribution in [3.8, 4) is 11.5 Å². The number of aryl methyl sites for hydroxylation is 3. The predicted molar refractivity (Wildman–Crippen MR) is 186 cm³/mol. The second-order valence-electron chi connectivity index (χ2n) is 13.6. The highest BCUT2D eigenvalue weighted by Gasteiger charge is 2.48. The quantitative estimate of drug-likeness (QED) is 0.244. The van der Waals surface area contributed by atoms with Crippen LogP contribution in [0.3, 0.4) is 0 Å². The van der Waals surface area contributed by atoms with E-state index in [2.05, 4.69) is 138 Å². The van der Waals surface area contributed by atoms with E-state index in [1.54, 1.807) is 0 Å². The molecule has 0 fully saturated rings. The molecule has 2 nitrogen and oxygen atoms in total. The molecule has 5 aromatic carbocycles. The summed E-state index contributed by atoms with van der Waals surface area (Å²) >= 11 is 0. The Morgan fingerprint density at radius 2 is 1.14 bits per heavy atom. The average Bonchev–Trinajstić information content (AvgIpc) is 2.97. The molecule has 0 amide bonds. The summed E-state index contributed by atoms with van der Waals surface area (Å²) in [4.78, 5) is 2.53. The summed E-state index contributed by atoms with van der Waals surface area (Å²) in [5.74, 6) is 2.95. The van der Waals surface area contributed by atoms with Crippen LogP contribution in [0.5, 0.6) is 11.5 Å². The summed E-state index contributed by atoms with van der Waals surface area (Å²) in [5.41, 5.74) is 18.5. The third-order valence-corrected chi connectivity index (χ3v) is 9.88. The molecule has 5 aromatic rings. The van der Waals surface area contributed by atoms with Crippen LogP contribution < -0.4 is 42.4 Å². The fourth-order valence-electron chi connectivity index (χ4n) is 7.80. The molecule has 3 heterocycles. The Balaban J connectivity index is 1.47. The van der Waals surface area contributed by atoms with Crippen LogP contribution in [-0.4, -0.2) is 13.4 Å². The summed E-state index contributed by atoms with van der Waals surface area (Å²) < 4.78 is 6.73. The van der Waals surface area contributed by atoms with Crippen molar-refractivity contribution >= 4 is 63.3 Å². The third kappa shape index (κ3) is 3.88. The van der Waals surface area contributed by atoms with E-state index in [9.17, 15) is 0 Å². The van der Waals surface area contributed by atoms with E-state index >= 15 is 0 Å². The van der Waals surface area contributed by atoms with Crippen molar-refractivity contribution < 1.29 is 4.74 Å². The molecule has 4 heteroatoms. The number of anilines is 3. The Morgan fingerprint density at radius 3 is 1.86 bits per heavy atom. The lowest BCUT2D eigenvalue weighted by atomic mass is 9.19. The zero-order valence-corrected chi connectivity index (χ0v) is 26.2. The molecule has 3 aliphatic rings. The molecule has 0 saturated heterocycles. The fraction of sp³-hybridized carbons (Fsp3) is 0.231. The summed E-state index contributed by atoms with van der Waals surface area (Å²) in [6.07, 6.45) is 0. The highest BCUT2D eigenvalue weighted by molar-refractivity contribution is 7.13. The SMILES string of the molecule is Cc1ccc2c(c1)Oc1cc(C)cc3c1B2c1cc(C)cc2c1B3c1cc(C(C)C)ccc1N2c1ccc(C(C)C)cc1. The molecule has 0 saturated carbocycles. The van der Waals surface area contributed by atoms with E-state index in [0.717, 1.165) is 11.5 Å². The van der Waals surface area contributed by atoms with E-state index in [1.165, 1.54) is 77.7 Å². The van der Waals surface area contributed by atoms with Crippen LogP contribution in [0.25, 0.3) is 0 Å². The average molecular weight is 557 g/mol. The van der Waals surface area contributed by atoms with Crippen LogP contribution in [0.4, 0.5) is 17.1 Å². The van der Waals surface area contributed by atoms with Gasteiger partial charge in [0.25, 0.3) is 0 Å². The van der Waals surface area contributed by atoms with Gasteiger partial charge in [0.05, 0.1) is 0 Å². The number of fused-ring (bicyclic) bond motifs is 6. The van der Waals surface area contributed by atoms with Crippen LogP contribution in [0.2, 0.25) is 0 Å². The standard InChI is InChI=1S/C39H37B2NO/c1-22(2)27-9-12-29(13-10-27)42-34-15-11-28(23(3)4)21-31(34)41-33-17-26(7)20-37-39(33)40(30-14-8-24(5)19-36(30)43-37)32-16-25(6)18-35(42)38(32)41/h8-23H,1-7H3. The first-order chi connectivity index (χ1) is 20.7. The van der Waals surface area contributed by atoms with Gasteiger partial charge in [-0.1, -0.05) is 87.2 Å². The van der Waals surface area contributed by atoms with Gasteiger partial charge in [0.15, 0.2) is 0 Å². The summed E-state index contributed by atoms with van der Waals surface area (Å²) in [7, 11) is 0. The minimum Gasteiger partial charge on any atom is -0.458 e. The fourth-order valence-corrected chi connectivity index (χ4v) is 7.80. The summed E-state index contributed by atoms with van der Waals surface area (Å²) in [5, 5.41) is 0. The van der Waals surface area contributed by atoms with Crippen molar-refractivity contribution in [3.63, 3.8) is 0 Å². The van der Waals surface area contributed by atoms with Crippen LogP contribution in [-0.2, 0) is 0 Å². The minimum absolute atomic E-state index is 0.139. The molecule has 0 unspecified atom stereocenters. The van der Waals surface area contributed by atoms with Crippen molar-refractivity contribution in [2.75, 3.05) is 4.90 Å². The summed E-state index contributed by atoms with van der Waals surface area (Å²) in [6.45, 7) is 16.0. The second-order valence-corrected chi connectivity index (χ2v) is 13.6. The first kappa shape index (κ1) is 26.5. The van der Waals surface area contributed by atoms with E-state index in [4.69, 9.17) is 4.74 Å². The Morgan fingerprint density at radius 1 is 0.512 bits per heavy atom. The number of benzene rings is 5. The predicted octanol–water partition coefficient (Wildman–Crippen LogP) is 6.09. The molecule has 210 valence electrons. The third-order valence-electron chi connectivity index (χ3n) is 9.88. The lowest BCUT2D eigenvalue weighted by Gasteiger charge is -2.44. The highest BCUT2D eigenvalue weighted by Crippen LogP contribution is 2.39. The normalized spacial score (nSPS) is 13.9. The smallest absolute Gasteiger partial charge is 0.249 e. The summed E-state index contributed by atoms with van der Waals surface area (Å²) in [6, 6.07) is 32.7. The van der Waals surface area contributed by atoms with Crippen molar-refractivity contribution in [2.45, 2.75) is 60.3 Å². The molecular formula is C39H37B2NO. The Kier molecular flexibility index (Phi) is 5.79. The molecule has 0 aromatic heterocycles. The molecule has 0 spiro atoms. The van der Waals surface area contributed by atoms with Gasteiger partial charge in [0.2, 0.25) is 13.4 Å². The van der Waals surface area contributed by atoms with E-state index < -0.39 is 0 Å². The lowest BCUT2D eigenvalue weighted by Crippen LogP contribution is -2.77. The van der Waals surface area contributed by atoms with E-state index in [-0.39, 0.29) is 13.4 Å². The number of hydrogen-bond acceptors (Lipinski definition) is 2. The van der Waals surface area contributed by atoms with Crippen molar-refractivity contribution in [3.05, 3.63) is 113 Å². The topological polar surface area (TPSA) is 12.5 Å². The van der Waals surface area contributed by atoms with Gasteiger partial charge in [0, 0.05) is 17.1 Å². The number of hydrogen-bond donors (Lipinski definition) is 0. The zero-order valence-electron chi connectivity index (χ0n) is 26.2. The zero-order chi connectivity index (χ0) is 29.7. The van der Waals surface area contributed by atoms with Crippen LogP contribution in [0, 0.1) is 20.8 Å². The lowest BCUT2D eigenvalue weighted by molar-refractivity contribution is 0.487.